The molecule has 8 atom stereocenters. The molecule has 8 unspecified atom stereocenters. The molecule has 0 aromatic rings. The van der Waals surface area contributed by atoms with E-state index in [2.05, 4.69) is 0 Å². The van der Waals surface area contributed by atoms with Gasteiger partial charge in [-0.3, -0.25) is 4.79 Å². The second kappa shape index (κ2) is 3.02. The zero-order valence-corrected chi connectivity index (χ0v) is 12.3. The first-order chi connectivity index (χ1) is 9.67. The topological polar surface area (TPSA) is 91.8 Å². The highest BCUT2D eigenvalue weighted by Gasteiger charge is 2.92. The van der Waals surface area contributed by atoms with Crippen LogP contribution in [0.1, 0.15) is 27.2 Å². The molecular weight excluding hydrogens is 276 g/mol. The number of aliphatic hydroxyl groups is 2. The fraction of sp³-hybridized carbons (Fsp3) is 0.933. The molecule has 5 fully saturated rings. The third-order valence-corrected chi connectivity index (χ3v) is 6.84. The molecule has 3 aliphatic heterocycles. The number of carbonyl (C=O) groups excluding carboxylic acids is 1. The second-order valence-electron chi connectivity index (χ2n) is 8.15. The zero-order valence-electron chi connectivity index (χ0n) is 12.3. The lowest BCUT2D eigenvalue weighted by Crippen LogP contribution is -2.66. The average Bonchev–Trinajstić information content (AvgIpc) is 3.18. The van der Waals surface area contributed by atoms with Gasteiger partial charge in [-0.25, -0.2) is 0 Å². The highest BCUT2D eigenvalue weighted by atomic mass is 16.7. The van der Waals surface area contributed by atoms with E-state index in [9.17, 15) is 15.0 Å². The molecule has 3 heterocycles. The minimum Gasteiger partial charge on any atom is -0.462 e. The molecule has 6 nitrogen and oxygen atoms in total. The van der Waals surface area contributed by atoms with Crippen LogP contribution in [0.4, 0.5) is 0 Å². The van der Waals surface area contributed by atoms with Crippen molar-refractivity contribution >= 4 is 5.97 Å². The van der Waals surface area contributed by atoms with E-state index in [4.69, 9.17) is 14.2 Å². The van der Waals surface area contributed by atoms with Crippen LogP contribution in [-0.2, 0) is 19.0 Å². The molecule has 1 spiro atoms. The Morgan fingerprint density at radius 2 is 2.00 bits per heavy atom. The van der Waals surface area contributed by atoms with Crippen LogP contribution < -0.4 is 0 Å². The Morgan fingerprint density at radius 3 is 2.57 bits per heavy atom. The van der Waals surface area contributed by atoms with Gasteiger partial charge in [0, 0.05) is 11.3 Å². The van der Waals surface area contributed by atoms with E-state index < -0.39 is 40.0 Å². The summed E-state index contributed by atoms with van der Waals surface area (Å²) in [6.07, 6.45) is -0.364. The average molecular weight is 296 g/mol. The van der Waals surface area contributed by atoms with Crippen molar-refractivity contribution in [2.45, 2.75) is 62.3 Å². The van der Waals surface area contributed by atoms with Crippen LogP contribution in [0.25, 0.3) is 0 Å². The molecule has 116 valence electrons. The Balaban J connectivity index is 1.70. The van der Waals surface area contributed by atoms with Crippen LogP contribution in [0.5, 0.6) is 0 Å². The number of epoxide rings is 2. The summed E-state index contributed by atoms with van der Waals surface area (Å²) in [6.45, 7) is 5.90. The summed E-state index contributed by atoms with van der Waals surface area (Å²) >= 11 is 0. The van der Waals surface area contributed by atoms with Crippen molar-refractivity contribution in [2.24, 2.45) is 17.3 Å². The summed E-state index contributed by atoms with van der Waals surface area (Å²) in [5, 5.41) is 22.0. The zero-order chi connectivity index (χ0) is 15.0. The molecule has 0 amide bonds. The quantitative estimate of drug-likeness (QED) is 0.505. The summed E-state index contributed by atoms with van der Waals surface area (Å²) in [7, 11) is 0. The third-order valence-electron chi connectivity index (χ3n) is 6.84. The number of hydrogen-bond donors (Lipinski definition) is 2. The van der Waals surface area contributed by atoms with E-state index in [1.165, 1.54) is 0 Å². The van der Waals surface area contributed by atoms with Gasteiger partial charge in [-0.2, -0.15) is 0 Å². The van der Waals surface area contributed by atoms with Crippen molar-refractivity contribution in [2.75, 3.05) is 6.61 Å². The Labute approximate surface area is 122 Å². The number of fused-ring (bicyclic) bond motifs is 8. The molecule has 5 rings (SSSR count). The van der Waals surface area contributed by atoms with E-state index in [0.29, 0.717) is 13.0 Å². The lowest BCUT2D eigenvalue weighted by atomic mass is 9.52. The molecule has 3 saturated heterocycles. The van der Waals surface area contributed by atoms with Crippen LogP contribution in [0.15, 0.2) is 0 Å². The van der Waals surface area contributed by atoms with Crippen LogP contribution in [0, 0.1) is 17.3 Å². The molecule has 21 heavy (non-hydrogen) atoms. The SMILES string of the molecule is CC(C)(O)C1C2CC3(C)C4(CO4)C4OC4C3(O)C1C(=O)O2. The first-order valence-corrected chi connectivity index (χ1v) is 7.61. The molecule has 2 saturated carbocycles. The van der Waals surface area contributed by atoms with Gasteiger partial charge in [0.05, 0.1) is 18.1 Å². The lowest BCUT2D eigenvalue weighted by Gasteiger charge is -2.53. The number of hydrogen-bond acceptors (Lipinski definition) is 6. The van der Waals surface area contributed by atoms with E-state index >= 15 is 0 Å². The smallest absolute Gasteiger partial charge is 0.312 e. The molecule has 2 N–H and O–H groups in total. The molecule has 2 aliphatic carbocycles. The maximum absolute atomic E-state index is 12.4. The summed E-state index contributed by atoms with van der Waals surface area (Å²) in [6, 6.07) is 0. The normalized spacial score (nSPS) is 63.3. The van der Waals surface area contributed by atoms with Gasteiger partial charge in [0.1, 0.15) is 29.5 Å². The molecule has 6 heteroatoms. The van der Waals surface area contributed by atoms with Crippen LogP contribution in [0.2, 0.25) is 0 Å². The largest absolute Gasteiger partial charge is 0.462 e. The van der Waals surface area contributed by atoms with Crippen molar-refractivity contribution in [1.82, 2.24) is 0 Å². The summed E-state index contributed by atoms with van der Waals surface area (Å²) in [5.41, 5.74) is -3.44. The second-order valence-corrected chi connectivity index (χ2v) is 8.15. The summed E-state index contributed by atoms with van der Waals surface area (Å²) < 4.78 is 16.9. The minimum absolute atomic E-state index is 0.123. The Morgan fingerprint density at radius 1 is 1.33 bits per heavy atom. The van der Waals surface area contributed by atoms with Crippen molar-refractivity contribution in [3.63, 3.8) is 0 Å². The molecule has 0 aromatic heterocycles. The van der Waals surface area contributed by atoms with Gasteiger partial charge in [-0.05, 0) is 20.3 Å². The number of ether oxygens (including phenoxy) is 3. The van der Waals surface area contributed by atoms with E-state index in [-0.39, 0.29) is 18.3 Å². The molecule has 0 aromatic carbocycles. The maximum atomic E-state index is 12.4. The van der Waals surface area contributed by atoms with Gasteiger partial charge in [0.15, 0.2) is 0 Å². The molecule has 0 radical (unpaired) electrons. The Hall–Kier alpha value is -0.690. The molecular formula is C15H20O6. The van der Waals surface area contributed by atoms with Crippen molar-refractivity contribution in [3.05, 3.63) is 0 Å². The van der Waals surface area contributed by atoms with E-state index in [0.717, 1.165) is 0 Å². The third kappa shape index (κ3) is 1.08. The van der Waals surface area contributed by atoms with E-state index in [1.54, 1.807) is 13.8 Å². The predicted octanol–water partition coefficient (Wildman–Crippen LogP) is -0.394. The summed E-state index contributed by atoms with van der Waals surface area (Å²) in [4.78, 5) is 12.4. The van der Waals surface area contributed by atoms with Crippen molar-refractivity contribution < 1.29 is 29.2 Å². The van der Waals surface area contributed by atoms with Gasteiger partial charge >= 0.3 is 5.97 Å². The lowest BCUT2D eigenvalue weighted by molar-refractivity contribution is -0.209. The fourth-order valence-corrected chi connectivity index (χ4v) is 5.73. The van der Waals surface area contributed by atoms with Gasteiger partial charge < -0.3 is 24.4 Å². The Bertz CT molecular complexity index is 563. The first kappa shape index (κ1) is 12.8. The first-order valence-electron chi connectivity index (χ1n) is 7.61. The fourth-order valence-electron chi connectivity index (χ4n) is 5.73. The molecule has 2 bridgehead atoms. The van der Waals surface area contributed by atoms with Crippen LogP contribution >= 0.6 is 0 Å². The number of carbonyl (C=O) groups is 1. The van der Waals surface area contributed by atoms with E-state index in [1.807, 2.05) is 6.92 Å². The standard InChI is InChI=1S/C15H20O6/c1-12(2,17)7-6-4-13(3)14(5-19-14)9-10(21-9)15(13,18)8(7)11(16)20-6/h6-10,17-18H,4-5H2,1-3H3. The monoisotopic (exact) mass is 296 g/mol. The minimum atomic E-state index is -1.32. The van der Waals surface area contributed by atoms with Crippen LogP contribution in [-0.4, -0.2) is 57.9 Å². The van der Waals surface area contributed by atoms with Crippen molar-refractivity contribution in [1.29, 1.82) is 0 Å². The van der Waals surface area contributed by atoms with Crippen molar-refractivity contribution in [3.8, 4) is 0 Å². The number of esters is 1. The number of rotatable bonds is 1. The Kier molecular flexibility index (Phi) is 1.84. The van der Waals surface area contributed by atoms with Gasteiger partial charge in [0.2, 0.25) is 0 Å². The van der Waals surface area contributed by atoms with Gasteiger partial charge in [-0.1, -0.05) is 6.92 Å². The highest BCUT2D eigenvalue weighted by Crippen LogP contribution is 2.76. The van der Waals surface area contributed by atoms with Crippen LogP contribution in [0.3, 0.4) is 0 Å². The highest BCUT2D eigenvalue weighted by molar-refractivity contribution is 5.79. The molecule has 5 aliphatic rings. The predicted molar refractivity (Wildman–Crippen MR) is 68.2 cm³/mol. The maximum Gasteiger partial charge on any atom is 0.312 e. The summed E-state index contributed by atoms with van der Waals surface area (Å²) in [5.74, 6) is -1.58. The van der Waals surface area contributed by atoms with Gasteiger partial charge in [0.25, 0.3) is 0 Å². The van der Waals surface area contributed by atoms with Gasteiger partial charge in [-0.15, -0.1) is 0 Å².